The smallest absolute Gasteiger partial charge is 0.185 e. The Labute approximate surface area is 268 Å². The zero-order valence-corrected chi connectivity index (χ0v) is 35.0. The van der Waals surface area contributed by atoms with Crippen LogP contribution in [0, 0.1) is 0 Å². The Hall–Kier alpha value is -1.02. The largest absolute Gasteiger partial charge is 0.397 e. The first-order valence-corrected chi connectivity index (χ1v) is 17.5. The van der Waals surface area contributed by atoms with Crippen molar-refractivity contribution in [2.45, 2.75) is 173 Å². The molecule has 0 rings (SSSR count). The summed E-state index contributed by atoms with van der Waals surface area (Å²) in [6, 6.07) is 0. The van der Waals surface area contributed by atoms with Gasteiger partial charge in [0.2, 0.25) is 0 Å². The zero-order chi connectivity index (χ0) is 37.2. The van der Waals surface area contributed by atoms with Crippen LogP contribution in [0.5, 0.6) is 0 Å². The van der Waals surface area contributed by atoms with Gasteiger partial charge in [0, 0.05) is 29.9 Å². The van der Waals surface area contributed by atoms with Gasteiger partial charge in [-0.05, 0) is 25.9 Å². The van der Waals surface area contributed by atoms with Crippen molar-refractivity contribution in [1.82, 2.24) is 0 Å². The number of guanidine groups is 1. The summed E-state index contributed by atoms with van der Waals surface area (Å²) in [5.41, 5.74) is 22.2. The van der Waals surface area contributed by atoms with Gasteiger partial charge in [0.25, 0.3) is 0 Å². The Morgan fingerprint density at radius 3 is 0.750 bits per heavy atom. The Morgan fingerprint density at radius 1 is 0.600 bits per heavy atom. The second kappa shape index (κ2) is 521. The predicted molar refractivity (Wildman–Crippen MR) is 206 cm³/mol. The second-order valence-corrected chi connectivity index (χ2v) is 3.56. The van der Waals surface area contributed by atoms with Gasteiger partial charge < -0.3 is 22.3 Å². The number of rotatable bonds is 2. The van der Waals surface area contributed by atoms with Crippen molar-refractivity contribution in [1.29, 1.82) is 0 Å². The molecular formula is C31H92BrN7O. The molecule has 0 saturated heterocycles. The zero-order valence-electron chi connectivity index (χ0n) is 33.4. The lowest BCUT2D eigenvalue weighted by Gasteiger charge is -1.82. The van der Waals surface area contributed by atoms with Crippen LogP contribution in [0.25, 0.3) is 10.4 Å². The lowest BCUT2D eigenvalue weighted by Crippen LogP contribution is -2.22. The highest BCUT2D eigenvalue weighted by Crippen LogP contribution is 1.67. The number of hydrogen-bond acceptors (Lipinski definition) is 4. The number of nitrogens with two attached hydrogens (primary N) is 3. The summed E-state index contributed by atoms with van der Waals surface area (Å²) in [6.45, 7) is 51.5. The summed E-state index contributed by atoms with van der Waals surface area (Å²) in [6.07, 6.45) is 0. The maximum Gasteiger partial charge on any atom is 0.185 e. The van der Waals surface area contributed by atoms with Crippen LogP contribution in [0.1, 0.15) is 173 Å². The van der Waals surface area contributed by atoms with E-state index in [0.717, 1.165) is 11.9 Å². The van der Waals surface area contributed by atoms with Gasteiger partial charge in [-0.15, -0.1) is 0 Å². The monoisotopic (exact) mass is 658 g/mol. The number of aliphatic imine (C=N–C) groups is 1. The molecule has 264 valence electrons. The molecule has 0 atom stereocenters. The van der Waals surface area contributed by atoms with Gasteiger partial charge >= 0.3 is 0 Å². The van der Waals surface area contributed by atoms with Gasteiger partial charge in [0.05, 0.1) is 0 Å². The van der Waals surface area contributed by atoms with Gasteiger partial charge in [-0.1, -0.05) is 180 Å². The Morgan fingerprint density at radius 2 is 0.750 bits per heavy atom. The first-order chi connectivity index (χ1) is 19.4. The standard InChI is InChI=1S/C3H9N3.C2H5Br.C2H5N3.C2H7N.C2H6O.10C2H6/c1-2-6-3(4)5;1-2-3;1-2-4-5-3;2*1-2-3;10*1-2/h2H2,1H3,(H4,4,5,6);2H2,1H3;2H2,1H3;2-3H2,1H3;3H,2H2,1H3;10*1-2H3. The van der Waals surface area contributed by atoms with E-state index in [2.05, 4.69) is 30.9 Å². The minimum atomic E-state index is 0.164. The molecule has 0 unspecified atom stereocenters. The van der Waals surface area contributed by atoms with Crippen LogP contribution < -0.4 is 17.2 Å². The van der Waals surface area contributed by atoms with Crippen LogP contribution in [0.15, 0.2) is 10.1 Å². The van der Waals surface area contributed by atoms with E-state index in [1.807, 2.05) is 159 Å². The SMILES string of the molecule is CC.CC.CC.CC.CC.CC.CC.CC.CC.CC.CCBr.CCN.CCN=C(N)N.CCN=[N+]=[N-].CCO. The number of aliphatic hydroxyl groups is 1. The van der Waals surface area contributed by atoms with Crippen LogP contribution >= 0.6 is 15.9 Å². The lowest BCUT2D eigenvalue weighted by molar-refractivity contribution is 0.318. The molecule has 7 N–H and O–H groups in total. The Bertz CT molecular complexity index is 199. The fourth-order valence-corrected chi connectivity index (χ4v) is 0.246. The third kappa shape index (κ3) is 3020. The summed E-state index contributed by atoms with van der Waals surface area (Å²) < 4.78 is 0. The summed E-state index contributed by atoms with van der Waals surface area (Å²) in [4.78, 5) is 6.08. The molecule has 0 bridgehead atoms. The topological polar surface area (TPSA) is 159 Å². The highest BCUT2D eigenvalue weighted by Gasteiger charge is 1.68. The summed E-state index contributed by atoms with van der Waals surface area (Å²) in [7, 11) is 0. The average molecular weight is 659 g/mol. The molecule has 0 aromatic carbocycles. The van der Waals surface area contributed by atoms with E-state index in [1.165, 1.54) is 0 Å². The number of nitrogens with zero attached hydrogens (tertiary/aromatic N) is 4. The van der Waals surface area contributed by atoms with E-state index in [9.17, 15) is 0 Å². The number of alkyl halides is 1. The van der Waals surface area contributed by atoms with Gasteiger partial charge in [-0.2, -0.15) is 0 Å². The maximum absolute atomic E-state index is 7.57. The molecule has 0 saturated carbocycles. The van der Waals surface area contributed by atoms with Gasteiger partial charge in [0.1, 0.15) is 0 Å². The normalized spacial score (nSPS) is 4.70. The number of hydrogen-bond donors (Lipinski definition) is 4. The van der Waals surface area contributed by atoms with Crippen molar-refractivity contribution in [2.24, 2.45) is 27.3 Å². The molecule has 0 fully saturated rings. The average Bonchev–Trinajstić information content (AvgIpc) is 3.05. The summed E-state index contributed by atoms with van der Waals surface area (Å²) in [5.74, 6) is 0.164. The van der Waals surface area contributed by atoms with Crippen LogP contribution in [0.4, 0.5) is 0 Å². The molecule has 0 aliphatic carbocycles. The van der Waals surface area contributed by atoms with Gasteiger partial charge in [-0.25, -0.2) is 0 Å². The molecule has 0 spiro atoms. The van der Waals surface area contributed by atoms with Crippen molar-refractivity contribution in [3.63, 3.8) is 0 Å². The van der Waals surface area contributed by atoms with E-state index in [4.69, 9.17) is 27.8 Å². The molecule has 0 aromatic rings. The van der Waals surface area contributed by atoms with Crippen molar-refractivity contribution in [3.05, 3.63) is 10.4 Å². The summed E-state index contributed by atoms with van der Waals surface area (Å²) >= 11 is 3.15. The van der Waals surface area contributed by atoms with Gasteiger partial charge in [-0.3, -0.25) is 4.99 Å². The third-order valence-electron chi connectivity index (χ3n) is 0.545. The number of aliphatic hydroxyl groups excluding tert-OH is 1. The van der Waals surface area contributed by atoms with E-state index < -0.39 is 0 Å². The van der Waals surface area contributed by atoms with Gasteiger partial charge in [0.15, 0.2) is 5.96 Å². The maximum atomic E-state index is 7.57. The number of halogens is 1. The van der Waals surface area contributed by atoms with Crippen LogP contribution in [-0.2, 0) is 0 Å². The van der Waals surface area contributed by atoms with E-state index in [1.54, 1.807) is 13.8 Å². The second-order valence-electron chi connectivity index (χ2n) is 2.44. The first kappa shape index (κ1) is 97.8. The lowest BCUT2D eigenvalue weighted by atomic mass is 10.8. The first-order valence-electron chi connectivity index (χ1n) is 16.4. The van der Waals surface area contributed by atoms with Crippen molar-refractivity contribution < 1.29 is 5.11 Å². The van der Waals surface area contributed by atoms with Crippen LogP contribution in [-0.4, -0.2) is 42.6 Å². The number of azide groups is 1. The summed E-state index contributed by atoms with van der Waals surface area (Å²) in [5, 5.41) is 11.8. The minimum absolute atomic E-state index is 0.164. The molecule has 40 heavy (non-hydrogen) atoms. The Balaban J connectivity index is -0.0000000132. The molecule has 0 heterocycles. The highest BCUT2D eigenvalue weighted by atomic mass is 79.9. The highest BCUT2D eigenvalue weighted by molar-refractivity contribution is 9.09. The molecule has 0 aromatic heterocycles. The van der Waals surface area contributed by atoms with Crippen molar-refractivity contribution in [3.8, 4) is 0 Å². The van der Waals surface area contributed by atoms with Crippen molar-refractivity contribution >= 4 is 21.9 Å². The fourth-order valence-electron chi connectivity index (χ4n) is 0.246. The van der Waals surface area contributed by atoms with E-state index in [0.29, 0.717) is 13.1 Å². The molecule has 8 nitrogen and oxygen atoms in total. The van der Waals surface area contributed by atoms with Crippen LogP contribution in [0.2, 0.25) is 0 Å². The minimum Gasteiger partial charge on any atom is -0.397 e. The molecule has 0 amide bonds. The molecular weight excluding hydrogens is 566 g/mol. The van der Waals surface area contributed by atoms with E-state index in [-0.39, 0.29) is 12.6 Å². The third-order valence-corrected chi connectivity index (χ3v) is 0.545. The predicted octanol–water partition coefficient (Wildman–Crippen LogP) is 12.2. The molecule has 0 aliphatic heterocycles. The van der Waals surface area contributed by atoms with Crippen LogP contribution in [0.3, 0.4) is 0 Å². The quantitative estimate of drug-likeness (QED) is 0.0580. The molecule has 9 heteroatoms. The fraction of sp³-hybridized carbons (Fsp3) is 0.968. The molecule has 0 radical (unpaired) electrons. The van der Waals surface area contributed by atoms with E-state index >= 15 is 0 Å². The van der Waals surface area contributed by atoms with Crippen molar-refractivity contribution in [2.75, 3.05) is 31.6 Å². The Kier molecular flexibility index (Phi) is 1270. The molecule has 0 aliphatic rings.